The zero-order valence-electron chi connectivity index (χ0n) is 10.6. The fourth-order valence-electron chi connectivity index (χ4n) is 1.79. The zero-order valence-corrected chi connectivity index (χ0v) is 13.0. The molecule has 0 aliphatic heterocycles. The van der Waals surface area contributed by atoms with Gasteiger partial charge >= 0.3 is 5.97 Å². The monoisotopic (exact) mass is 353 g/mol. The van der Waals surface area contributed by atoms with Crippen LogP contribution in [-0.2, 0) is 6.42 Å². The van der Waals surface area contributed by atoms with E-state index in [1.165, 1.54) is 17.4 Å². The molecule has 0 bridgehead atoms. The van der Waals surface area contributed by atoms with Crippen molar-refractivity contribution in [2.75, 3.05) is 5.32 Å². The molecular weight excluding hydrogens is 342 g/mol. The Balaban J connectivity index is 2.31. The number of carbonyl (C=O) groups excluding carboxylic acids is 1. The van der Waals surface area contributed by atoms with Crippen LogP contribution in [0.3, 0.4) is 0 Å². The molecule has 0 saturated carbocycles. The number of rotatable bonds is 4. The molecule has 0 aliphatic carbocycles. The third-order valence-electron chi connectivity index (χ3n) is 2.79. The molecule has 20 heavy (non-hydrogen) atoms. The van der Waals surface area contributed by atoms with Gasteiger partial charge in [-0.05, 0) is 41.6 Å². The van der Waals surface area contributed by atoms with E-state index >= 15 is 0 Å². The summed E-state index contributed by atoms with van der Waals surface area (Å²) in [6.45, 7) is 1.97. The molecule has 0 radical (unpaired) electrons. The standard InChI is InChI=1S/C14H12BrNO3S/c1-2-8-5-6-20-12(8)13(17)16-11-4-3-9(15)7-10(11)14(18)19/h3-7H,2H2,1H3,(H,16,17)(H,18,19). The molecule has 2 rings (SSSR count). The van der Waals surface area contributed by atoms with Crippen molar-refractivity contribution >= 4 is 44.8 Å². The highest BCUT2D eigenvalue weighted by Crippen LogP contribution is 2.24. The van der Waals surface area contributed by atoms with Crippen LogP contribution in [0.2, 0.25) is 0 Å². The molecule has 0 fully saturated rings. The maximum atomic E-state index is 12.2. The highest BCUT2D eigenvalue weighted by atomic mass is 79.9. The van der Waals surface area contributed by atoms with Crippen LogP contribution >= 0.6 is 27.3 Å². The first-order chi connectivity index (χ1) is 9.52. The highest BCUT2D eigenvalue weighted by Gasteiger charge is 2.16. The van der Waals surface area contributed by atoms with Gasteiger partial charge in [-0.3, -0.25) is 4.79 Å². The Bertz CT molecular complexity index is 666. The van der Waals surface area contributed by atoms with E-state index in [0.717, 1.165) is 12.0 Å². The fourth-order valence-corrected chi connectivity index (χ4v) is 3.05. The van der Waals surface area contributed by atoms with Gasteiger partial charge in [0.05, 0.1) is 16.1 Å². The van der Waals surface area contributed by atoms with Gasteiger partial charge in [0.15, 0.2) is 0 Å². The number of carbonyl (C=O) groups is 2. The minimum atomic E-state index is -1.08. The van der Waals surface area contributed by atoms with Crippen LogP contribution in [-0.4, -0.2) is 17.0 Å². The van der Waals surface area contributed by atoms with Gasteiger partial charge in [0.1, 0.15) is 0 Å². The topological polar surface area (TPSA) is 66.4 Å². The van der Waals surface area contributed by atoms with E-state index in [1.54, 1.807) is 12.1 Å². The Morgan fingerprint density at radius 1 is 1.35 bits per heavy atom. The van der Waals surface area contributed by atoms with Crippen LogP contribution in [0.15, 0.2) is 34.1 Å². The zero-order chi connectivity index (χ0) is 14.7. The summed E-state index contributed by atoms with van der Waals surface area (Å²) in [7, 11) is 0. The molecular formula is C14H12BrNO3S. The Kier molecular flexibility index (Phi) is 4.57. The average molecular weight is 354 g/mol. The first kappa shape index (κ1) is 14.7. The summed E-state index contributed by atoms with van der Waals surface area (Å²) in [6, 6.07) is 6.63. The molecule has 0 unspecified atom stereocenters. The smallest absolute Gasteiger partial charge is 0.337 e. The van der Waals surface area contributed by atoms with Crippen molar-refractivity contribution in [3.63, 3.8) is 0 Å². The summed E-state index contributed by atoms with van der Waals surface area (Å²) >= 11 is 4.57. The quantitative estimate of drug-likeness (QED) is 0.871. The van der Waals surface area contributed by atoms with Crippen LogP contribution in [0.25, 0.3) is 0 Å². The predicted molar refractivity (Wildman–Crippen MR) is 82.8 cm³/mol. The number of thiophene rings is 1. The van der Waals surface area contributed by atoms with Gasteiger partial charge in [-0.1, -0.05) is 22.9 Å². The molecule has 4 nitrogen and oxygen atoms in total. The molecule has 2 aromatic rings. The lowest BCUT2D eigenvalue weighted by molar-refractivity contribution is 0.0698. The minimum absolute atomic E-state index is 0.0577. The van der Waals surface area contributed by atoms with Gasteiger partial charge in [-0.2, -0.15) is 0 Å². The Labute approximate surface area is 128 Å². The summed E-state index contributed by atoms with van der Waals surface area (Å²) in [6.07, 6.45) is 0.762. The number of carboxylic acid groups (broad SMARTS) is 1. The van der Waals surface area contributed by atoms with Crippen LogP contribution in [0.1, 0.15) is 32.5 Å². The Morgan fingerprint density at radius 3 is 2.75 bits per heavy atom. The maximum absolute atomic E-state index is 12.2. The van der Waals surface area contributed by atoms with E-state index in [1.807, 2.05) is 18.4 Å². The molecule has 104 valence electrons. The number of nitrogens with one attached hydrogen (secondary N) is 1. The van der Waals surface area contributed by atoms with E-state index in [4.69, 9.17) is 5.11 Å². The molecule has 6 heteroatoms. The van der Waals surface area contributed by atoms with E-state index in [0.29, 0.717) is 15.0 Å². The van der Waals surface area contributed by atoms with Crippen LogP contribution < -0.4 is 5.32 Å². The van der Waals surface area contributed by atoms with Crippen molar-refractivity contribution in [3.8, 4) is 0 Å². The van der Waals surface area contributed by atoms with Gasteiger partial charge < -0.3 is 10.4 Å². The van der Waals surface area contributed by atoms with Gasteiger partial charge in [0, 0.05) is 4.47 Å². The Morgan fingerprint density at radius 2 is 2.10 bits per heavy atom. The van der Waals surface area contributed by atoms with Crippen LogP contribution in [0.4, 0.5) is 5.69 Å². The molecule has 0 aliphatic rings. The van der Waals surface area contributed by atoms with Crippen LogP contribution in [0, 0.1) is 0 Å². The molecule has 0 atom stereocenters. The van der Waals surface area contributed by atoms with E-state index in [2.05, 4.69) is 21.2 Å². The summed E-state index contributed by atoms with van der Waals surface area (Å²) in [5.41, 5.74) is 1.31. The number of hydrogen-bond acceptors (Lipinski definition) is 3. The van der Waals surface area contributed by atoms with Crippen molar-refractivity contribution in [3.05, 3.63) is 50.1 Å². The summed E-state index contributed by atoms with van der Waals surface area (Å²) < 4.78 is 0.651. The molecule has 1 amide bonds. The first-order valence-corrected chi connectivity index (χ1v) is 7.60. The number of amides is 1. The highest BCUT2D eigenvalue weighted by molar-refractivity contribution is 9.10. The number of anilines is 1. The molecule has 1 aromatic carbocycles. The van der Waals surface area contributed by atoms with E-state index in [-0.39, 0.29) is 11.5 Å². The number of benzene rings is 1. The second-order valence-corrected chi connectivity index (χ2v) is 5.91. The summed E-state index contributed by atoms with van der Waals surface area (Å²) in [4.78, 5) is 24.0. The molecule has 1 heterocycles. The number of hydrogen-bond donors (Lipinski definition) is 2. The number of aryl methyl sites for hydroxylation is 1. The van der Waals surface area contributed by atoms with Crippen molar-refractivity contribution in [1.82, 2.24) is 0 Å². The lowest BCUT2D eigenvalue weighted by atomic mass is 10.1. The third kappa shape index (κ3) is 3.08. The SMILES string of the molecule is CCc1ccsc1C(=O)Nc1ccc(Br)cc1C(=O)O. The van der Waals surface area contributed by atoms with Gasteiger partial charge in [-0.15, -0.1) is 11.3 Å². The van der Waals surface area contributed by atoms with Crippen molar-refractivity contribution in [2.45, 2.75) is 13.3 Å². The lowest BCUT2D eigenvalue weighted by Crippen LogP contribution is -2.14. The minimum Gasteiger partial charge on any atom is -0.478 e. The first-order valence-electron chi connectivity index (χ1n) is 5.93. The largest absolute Gasteiger partial charge is 0.478 e. The number of carboxylic acids is 1. The van der Waals surface area contributed by atoms with Crippen molar-refractivity contribution < 1.29 is 14.7 Å². The molecule has 2 N–H and O–H groups in total. The van der Waals surface area contributed by atoms with Gasteiger partial charge in [-0.25, -0.2) is 4.79 Å². The normalized spacial score (nSPS) is 10.3. The lowest BCUT2D eigenvalue weighted by Gasteiger charge is -2.09. The van der Waals surface area contributed by atoms with E-state index in [9.17, 15) is 9.59 Å². The maximum Gasteiger partial charge on any atom is 0.337 e. The molecule has 0 saturated heterocycles. The number of halogens is 1. The third-order valence-corrected chi connectivity index (χ3v) is 4.24. The molecule has 0 spiro atoms. The van der Waals surface area contributed by atoms with Crippen molar-refractivity contribution in [1.29, 1.82) is 0 Å². The van der Waals surface area contributed by atoms with Gasteiger partial charge in [0.25, 0.3) is 5.91 Å². The second-order valence-electron chi connectivity index (χ2n) is 4.08. The number of aromatic carboxylic acids is 1. The Hall–Kier alpha value is -1.66. The predicted octanol–water partition coefficient (Wildman–Crippen LogP) is 4.02. The average Bonchev–Trinajstić information content (AvgIpc) is 2.89. The summed E-state index contributed by atoms with van der Waals surface area (Å²) in [5.74, 6) is -1.36. The van der Waals surface area contributed by atoms with E-state index < -0.39 is 5.97 Å². The second kappa shape index (κ2) is 6.19. The van der Waals surface area contributed by atoms with Crippen molar-refractivity contribution in [2.24, 2.45) is 0 Å². The molecule has 1 aromatic heterocycles. The fraction of sp³-hybridized carbons (Fsp3) is 0.143. The van der Waals surface area contributed by atoms with Crippen LogP contribution in [0.5, 0.6) is 0 Å². The summed E-state index contributed by atoms with van der Waals surface area (Å²) in [5, 5.41) is 13.7. The van der Waals surface area contributed by atoms with Gasteiger partial charge in [0.2, 0.25) is 0 Å².